The highest BCUT2D eigenvalue weighted by Crippen LogP contribution is 2.37. The van der Waals surface area contributed by atoms with Crippen molar-refractivity contribution in [1.29, 1.82) is 0 Å². The summed E-state index contributed by atoms with van der Waals surface area (Å²) < 4.78 is 7.39. The molecule has 0 atom stereocenters. The van der Waals surface area contributed by atoms with Gasteiger partial charge in [0.1, 0.15) is 6.61 Å². The van der Waals surface area contributed by atoms with Gasteiger partial charge in [-0.2, -0.15) is 0 Å². The van der Waals surface area contributed by atoms with Crippen molar-refractivity contribution in [2.24, 2.45) is 0 Å². The number of nitrogens with zero attached hydrogens (tertiary/aromatic N) is 1. The Morgan fingerprint density at radius 2 is 1.73 bits per heavy atom. The van der Waals surface area contributed by atoms with Crippen molar-refractivity contribution in [3.63, 3.8) is 0 Å². The number of carbonyl (C=O) groups is 1. The zero-order chi connectivity index (χ0) is 20.5. The highest BCUT2D eigenvalue weighted by molar-refractivity contribution is 7.13. The molecule has 0 saturated heterocycles. The number of hydrogen-bond acceptors (Lipinski definition) is 4. The quantitative estimate of drug-likeness (QED) is 0.434. The lowest BCUT2D eigenvalue weighted by Crippen LogP contribution is -2.29. The van der Waals surface area contributed by atoms with Crippen LogP contribution in [0.3, 0.4) is 0 Å². The van der Waals surface area contributed by atoms with Crippen molar-refractivity contribution in [3.05, 3.63) is 105 Å². The van der Waals surface area contributed by atoms with Gasteiger partial charge in [0.25, 0.3) is 5.56 Å². The molecule has 5 heteroatoms. The molecule has 0 aliphatic carbocycles. The average molecular weight is 413 g/mol. The van der Waals surface area contributed by atoms with Gasteiger partial charge in [-0.1, -0.05) is 60.7 Å². The molecule has 0 radical (unpaired) electrons. The van der Waals surface area contributed by atoms with Gasteiger partial charge in [0.05, 0.1) is 16.1 Å². The van der Waals surface area contributed by atoms with Crippen LogP contribution in [0.1, 0.15) is 21.5 Å². The van der Waals surface area contributed by atoms with Crippen molar-refractivity contribution in [2.75, 3.05) is 0 Å². The Hall–Kier alpha value is -3.44. The lowest BCUT2D eigenvalue weighted by molar-refractivity contribution is 0.0472. The van der Waals surface area contributed by atoms with E-state index in [2.05, 4.69) is 6.07 Å². The van der Waals surface area contributed by atoms with Crippen LogP contribution in [0.4, 0.5) is 0 Å². The molecule has 3 heterocycles. The summed E-state index contributed by atoms with van der Waals surface area (Å²) in [5, 5.41) is 2.01. The molecule has 0 spiro atoms. The van der Waals surface area contributed by atoms with Gasteiger partial charge in [-0.25, -0.2) is 4.79 Å². The number of hydrogen-bond donors (Lipinski definition) is 0. The number of fused-ring (bicyclic) bond motifs is 3. The molecule has 0 fully saturated rings. The third-order valence-corrected chi connectivity index (χ3v) is 6.34. The summed E-state index contributed by atoms with van der Waals surface area (Å²) >= 11 is 1.56. The summed E-state index contributed by atoms with van der Waals surface area (Å²) in [5.41, 5.74) is 4.45. The van der Waals surface area contributed by atoms with Gasteiger partial charge in [-0.3, -0.25) is 4.79 Å². The Bertz CT molecular complexity index is 1270. The Labute approximate surface area is 178 Å². The van der Waals surface area contributed by atoms with Crippen LogP contribution < -0.4 is 5.56 Å². The van der Waals surface area contributed by atoms with Crippen molar-refractivity contribution in [1.82, 2.24) is 4.57 Å². The van der Waals surface area contributed by atoms with Crippen LogP contribution in [-0.4, -0.2) is 10.5 Å². The summed E-state index contributed by atoms with van der Waals surface area (Å²) in [5.74, 6) is -0.416. The SMILES string of the molecule is O=C(OCc1ccccc1)c1cc(-c2ccccc2)c(=O)n2c1-c1sccc1CC2. The van der Waals surface area contributed by atoms with Crippen LogP contribution in [0.15, 0.2) is 83.0 Å². The zero-order valence-corrected chi connectivity index (χ0v) is 17.0. The number of benzene rings is 2. The number of rotatable bonds is 4. The second-order valence-corrected chi connectivity index (χ2v) is 8.15. The van der Waals surface area contributed by atoms with Gasteiger partial charge < -0.3 is 9.30 Å². The maximum atomic E-state index is 13.3. The standard InChI is InChI=1S/C25H19NO3S/c27-24-20(18-9-5-2-6-10-18)15-21(25(28)29-16-17-7-3-1-4-8-17)22-23-19(12-14-30-23)11-13-26(22)24/h1-10,12,14-15H,11,13,16H2. The molecule has 148 valence electrons. The van der Waals surface area contributed by atoms with E-state index in [0.29, 0.717) is 23.4 Å². The molecule has 2 aromatic carbocycles. The third-order valence-electron chi connectivity index (χ3n) is 5.37. The Morgan fingerprint density at radius 1 is 1.00 bits per heavy atom. The van der Waals surface area contributed by atoms with Crippen molar-refractivity contribution in [3.8, 4) is 21.7 Å². The summed E-state index contributed by atoms with van der Waals surface area (Å²) in [6.45, 7) is 0.744. The van der Waals surface area contributed by atoms with Gasteiger partial charge in [0.15, 0.2) is 0 Å². The number of thiophene rings is 1. The predicted molar refractivity (Wildman–Crippen MR) is 119 cm³/mol. The molecule has 1 aliphatic heterocycles. The van der Waals surface area contributed by atoms with Crippen LogP contribution >= 0.6 is 11.3 Å². The molecular formula is C25H19NO3S. The molecule has 0 amide bonds. The van der Waals surface area contributed by atoms with Gasteiger partial charge in [-0.15, -0.1) is 11.3 Å². The minimum Gasteiger partial charge on any atom is -0.457 e. The zero-order valence-electron chi connectivity index (χ0n) is 16.2. The minimum atomic E-state index is -0.416. The summed E-state index contributed by atoms with van der Waals surface area (Å²) in [6.07, 6.45) is 0.780. The van der Waals surface area contributed by atoms with Crippen molar-refractivity contribution >= 4 is 17.3 Å². The first-order chi connectivity index (χ1) is 14.7. The maximum Gasteiger partial charge on any atom is 0.340 e. The number of carbonyl (C=O) groups excluding carboxylic acids is 1. The average Bonchev–Trinajstić information content (AvgIpc) is 3.28. The number of ether oxygens (including phenoxy) is 1. The van der Waals surface area contributed by atoms with E-state index in [1.54, 1.807) is 22.0 Å². The molecule has 4 aromatic rings. The fourth-order valence-electron chi connectivity index (χ4n) is 3.88. The highest BCUT2D eigenvalue weighted by atomic mass is 32.1. The molecule has 0 unspecified atom stereocenters. The van der Waals surface area contributed by atoms with E-state index in [1.807, 2.05) is 66.0 Å². The van der Waals surface area contributed by atoms with Crippen LogP contribution in [0, 0.1) is 0 Å². The lowest BCUT2D eigenvalue weighted by Gasteiger charge is -2.22. The predicted octanol–water partition coefficient (Wildman–Crippen LogP) is 5.16. The number of pyridine rings is 1. The Kier molecular flexibility index (Phi) is 4.81. The Morgan fingerprint density at radius 3 is 2.50 bits per heavy atom. The highest BCUT2D eigenvalue weighted by Gasteiger charge is 2.27. The molecular weight excluding hydrogens is 394 g/mol. The van der Waals surface area contributed by atoms with E-state index in [1.165, 1.54) is 5.56 Å². The second-order valence-electron chi connectivity index (χ2n) is 7.23. The summed E-state index contributed by atoms with van der Waals surface area (Å²) in [7, 11) is 0. The third kappa shape index (κ3) is 3.27. The van der Waals surface area contributed by atoms with Gasteiger partial charge in [-0.05, 0) is 40.6 Å². The van der Waals surface area contributed by atoms with E-state index in [-0.39, 0.29) is 12.2 Å². The molecule has 0 N–H and O–H groups in total. The normalized spacial score (nSPS) is 12.1. The van der Waals surface area contributed by atoms with E-state index < -0.39 is 5.97 Å². The van der Waals surface area contributed by atoms with E-state index in [4.69, 9.17) is 4.74 Å². The number of esters is 1. The minimum absolute atomic E-state index is 0.0742. The van der Waals surface area contributed by atoms with Crippen LogP contribution in [0.25, 0.3) is 21.7 Å². The first kappa shape index (κ1) is 18.6. The van der Waals surface area contributed by atoms with Crippen LogP contribution in [-0.2, 0) is 24.3 Å². The fourth-order valence-corrected chi connectivity index (χ4v) is 4.90. The van der Waals surface area contributed by atoms with E-state index in [9.17, 15) is 9.59 Å². The van der Waals surface area contributed by atoms with Gasteiger partial charge in [0.2, 0.25) is 0 Å². The van der Waals surface area contributed by atoms with Gasteiger partial charge in [0, 0.05) is 12.1 Å². The summed E-state index contributed by atoms with van der Waals surface area (Å²) in [4.78, 5) is 27.5. The molecule has 0 saturated carbocycles. The van der Waals surface area contributed by atoms with Crippen molar-refractivity contribution < 1.29 is 9.53 Å². The second kappa shape index (κ2) is 7.76. The molecule has 4 nitrogen and oxygen atoms in total. The van der Waals surface area contributed by atoms with Crippen molar-refractivity contribution in [2.45, 2.75) is 19.6 Å². The van der Waals surface area contributed by atoms with Crippen LogP contribution in [0.5, 0.6) is 0 Å². The Balaban J connectivity index is 1.63. The molecule has 30 heavy (non-hydrogen) atoms. The first-order valence-electron chi connectivity index (χ1n) is 9.83. The molecule has 0 bridgehead atoms. The molecule has 5 rings (SSSR count). The largest absolute Gasteiger partial charge is 0.457 e. The van der Waals surface area contributed by atoms with E-state index in [0.717, 1.165) is 22.4 Å². The first-order valence-corrected chi connectivity index (χ1v) is 10.7. The fraction of sp³-hybridized carbons (Fsp3) is 0.120. The van der Waals surface area contributed by atoms with Gasteiger partial charge >= 0.3 is 5.97 Å². The summed E-state index contributed by atoms with van der Waals surface area (Å²) in [6, 6.07) is 22.8. The lowest BCUT2D eigenvalue weighted by atomic mass is 9.98. The smallest absolute Gasteiger partial charge is 0.340 e. The maximum absolute atomic E-state index is 13.3. The molecule has 1 aliphatic rings. The molecule has 2 aromatic heterocycles. The van der Waals surface area contributed by atoms with E-state index >= 15 is 0 Å². The monoisotopic (exact) mass is 413 g/mol. The van der Waals surface area contributed by atoms with Crippen LogP contribution in [0.2, 0.25) is 0 Å². The topological polar surface area (TPSA) is 48.3 Å². The number of aryl methyl sites for hydroxylation is 1. The number of aromatic nitrogens is 1.